The fraction of sp³-hybridized carbons (Fsp3) is 0.222. The summed E-state index contributed by atoms with van der Waals surface area (Å²) in [6, 6.07) is 7.62. The summed E-state index contributed by atoms with van der Waals surface area (Å²) in [4.78, 5) is 0. The van der Waals surface area contributed by atoms with E-state index >= 15 is 0 Å². The molecule has 0 unspecified atom stereocenters. The number of hydrazine groups is 1. The molecule has 0 aliphatic carbocycles. The number of hydrogen-bond donors (Lipinski definition) is 2. The van der Waals surface area contributed by atoms with E-state index in [0.29, 0.717) is 12.3 Å². The second-order valence-corrected chi connectivity index (χ2v) is 3.66. The molecule has 1 aromatic rings. The van der Waals surface area contributed by atoms with E-state index in [4.69, 9.17) is 11.7 Å². The molecule has 0 aromatic heterocycles. The molecule has 4 N–H and O–H groups in total. The van der Waals surface area contributed by atoms with Gasteiger partial charge in [-0.15, -0.1) is 0 Å². The van der Waals surface area contributed by atoms with Crippen molar-refractivity contribution in [3.63, 3.8) is 0 Å². The Bertz CT molecular complexity index is 320. The molecular weight excluding hydrogens is 244 g/mol. The normalized spacial score (nSPS) is 11.5. The molecule has 1 rings (SSSR count). The highest BCUT2D eigenvalue weighted by molar-refractivity contribution is 9.10. The molecule has 4 nitrogen and oxygen atoms in total. The number of nitrogens with two attached hydrogens (primary N) is 2. The van der Waals surface area contributed by atoms with Gasteiger partial charge in [-0.1, -0.05) is 22.9 Å². The molecule has 0 bridgehead atoms. The van der Waals surface area contributed by atoms with Gasteiger partial charge in [-0.3, -0.25) is 5.01 Å². The van der Waals surface area contributed by atoms with Crippen molar-refractivity contribution in [3.8, 4) is 0 Å². The Labute approximate surface area is 91.7 Å². The Morgan fingerprint density at radius 2 is 2.00 bits per heavy atom. The molecule has 0 radical (unpaired) electrons. The highest BCUT2D eigenvalue weighted by Crippen LogP contribution is 2.16. The Morgan fingerprint density at radius 3 is 2.43 bits per heavy atom. The van der Waals surface area contributed by atoms with Crippen LogP contribution in [0.15, 0.2) is 33.8 Å². The quantitative estimate of drug-likeness (QED) is 0.367. The first-order valence-electron chi connectivity index (χ1n) is 4.26. The van der Waals surface area contributed by atoms with Crippen LogP contribution in [0.25, 0.3) is 0 Å². The van der Waals surface area contributed by atoms with Gasteiger partial charge in [0.25, 0.3) is 0 Å². The van der Waals surface area contributed by atoms with Gasteiger partial charge in [-0.25, -0.2) is 5.84 Å². The molecule has 1 aromatic carbocycles. The lowest BCUT2D eigenvalue weighted by atomic mass is 10.3. The van der Waals surface area contributed by atoms with Gasteiger partial charge in [-0.2, -0.15) is 5.10 Å². The molecule has 0 aliphatic heterocycles. The van der Waals surface area contributed by atoms with Crippen LogP contribution >= 0.6 is 15.9 Å². The Kier molecular flexibility index (Phi) is 3.91. The lowest BCUT2D eigenvalue weighted by Crippen LogP contribution is -2.37. The van der Waals surface area contributed by atoms with E-state index in [9.17, 15) is 0 Å². The highest BCUT2D eigenvalue weighted by atomic mass is 79.9. The van der Waals surface area contributed by atoms with Crippen LogP contribution in [-0.4, -0.2) is 5.84 Å². The molecule has 0 atom stereocenters. The molecule has 0 saturated carbocycles. The summed E-state index contributed by atoms with van der Waals surface area (Å²) in [5.41, 5.74) is 0.860. The average molecular weight is 257 g/mol. The SMILES string of the molecule is CC/C(=N/N)N(N)c1ccc(Br)cc1. The number of benzene rings is 1. The number of hydrogen-bond acceptors (Lipinski definition) is 3. The first-order chi connectivity index (χ1) is 6.69. The first kappa shape index (κ1) is 11.0. The van der Waals surface area contributed by atoms with Crippen molar-refractivity contribution in [3.05, 3.63) is 28.7 Å². The maximum absolute atomic E-state index is 5.82. The van der Waals surface area contributed by atoms with E-state index in [1.54, 1.807) is 0 Å². The Hall–Kier alpha value is -1.07. The maximum atomic E-state index is 5.82. The highest BCUT2D eigenvalue weighted by Gasteiger charge is 2.06. The van der Waals surface area contributed by atoms with E-state index in [-0.39, 0.29) is 0 Å². The fourth-order valence-corrected chi connectivity index (χ4v) is 1.34. The van der Waals surface area contributed by atoms with E-state index in [2.05, 4.69) is 21.0 Å². The van der Waals surface area contributed by atoms with Crippen molar-refractivity contribution in [2.75, 3.05) is 5.01 Å². The van der Waals surface area contributed by atoms with E-state index in [1.165, 1.54) is 5.01 Å². The van der Waals surface area contributed by atoms with Gasteiger partial charge >= 0.3 is 0 Å². The van der Waals surface area contributed by atoms with Crippen LogP contribution in [0, 0.1) is 0 Å². The van der Waals surface area contributed by atoms with Crippen molar-refractivity contribution in [1.82, 2.24) is 0 Å². The third kappa shape index (κ3) is 2.46. The van der Waals surface area contributed by atoms with Gasteiger partial charge in [0.2, 0.25) is 0 Å². The number of rotatable bonds is 2. The lowest BCUT2D eigenvalue weighted by molar-refractivity contribution is 1.03. The number of halogens is 1. The summed E-state index contributed by atoms with van der Waals surface area (Å²) in [7, 11) is 0. The van der Waals surface area contributed by atoms with Crippen LogP contribution < -0.4 is 16.7 Å². The summed E-state index contributed by atoms with van der Waals surface area (Å²) in [5.74, 6) is 11.7. The van der Waals surface area contributed by atoms with E-state index in [1.807, 2.05) is 31.2 Å². The first-order valence-corrected chi connectivity index (χ1v) is 5.05. The van der Waals surface area contributed by atoms with Crippen molar-refractivity contribution in [1.29, 1.82) is 0 Å². The van der Waals surface area contributed by atoms with Crippen molar-refractivity contribution in [2.24, 2.45) is 16.8 Å². The summed E-state index contributed by atoms with van der Waals surface area (Å²) in [5, 5.41) is 5.09. The van der Waals surface area contributed by atoms with Gasteiger partial charge in [0.05, 0.1) is 5.69 Å². The van der Waals surface area contributed by atoms with Gasteiger partial charge < -0.3 is 5.84 Å². The standard InChI is InChI=1S/C9H13BrN4/c1-2-9(13-11)14(12)8-5-3-7(10)4-6-8/h3-6H,2,11-12H2,1H3/b13-9-. The fourth-order valence-electron chi connectivity index (χ4n) is 1.07. The number of nitrogens with zero attached hydrogens (tertiary/aromatic N) is 2. The minimum atomic E-state index is 0.646. The molecule has 0 amide bonds. The zero-order valence-corrected chi connectivity index (χ0v) is 9.53. The summed E-state index contributed by atoms with van der Waals surface area (Å²) >= 11 is 3.35. The predicted molar refractivity (Wildman–Crippen MR) is 62.7 cm³/mol. The zero-order chi connectivity index (χ0) is 10.6. The topological polar surface area (TPSA) is 67.6 Å². The average Bonchev–Trinajstić information content (AvgIpc) is 2.20. The number of amidine groups is 1. The van der Waals surface area contributed by atoms with Crippen LogP contribution in [0.4, 0.5) is 5.69 Å². The zero-order valence-electron chi connectivity index (χ0n) is 7.94. The van der Waals surface area contributed by atoms with Crippen LogP contribution in [-0.2, 0) is 0 Å². The molecule has 0 fully saturated rings. The van der Waals surface area contributed by atoms with Gasteiger partial charge in [0.1, 0.15) is 5.84 Å². The third-order valence-corrected chi connectivity index (χ3v) is 2.38. The molecule has 5 heteroatoms. The minimum absolute atomic E-state index is 0.646. The van der Waals surface area contributed by atoms with E-state index in [0.717, 1.165) is 10.2 Å². The largest absolute Gasteiger partial charge is 0.322 e. The third-order valence-electron chi connectivity index (χ3n) is 1.85. The predicted octanol–water partition coefficient (Wildman–Crippen LogP) is 1.81. The van der Waals surface area contributed by atoms with Crippen molar-refractivity contribution < 1.29 is 0 Å². The minimum Gasteiger partial charge on any atom is -0.322 e. The molecular formula is C9H13BrN4. The van der Waals surface area contributed by atoms with Crippen molar-refractivity contribution in [2.45, 2.75) is 13.3 Å². The van der Waals surface area contributed by atoms with Crippen LogP contribution in [0.1, 0.15) is 13.3 Å². The molecule has 0 saturated heterocycles. The Balaban J connectivity index is 2.89. The molecule has 0 spiro atoms. The molecule has 76 valence electrons. The maximum Gasteiger partial charge on any atom is 0.142 e. The van der Waals surface area contributed by atoms with Gasteiger partial charge in [0, 0.05) is 10.9 Å². The second kappa shape index (κ2) is 4.97. The number of anilines is 1. The van der Waals surface area contributed by atoms with Crippen LogP contribution in [0.5, 0.6) is 0 Å². The van der Waals surface area contributed by atoms with Gasteiger partial charge in [0.15, 0.2) is 0 Å². The summed E-state index contributed by atoms with van der Waals surface area (Å²) < 4.78 is 1.01. The monoisotopic (exact) mass is 256 g/mol. The molecule has 14 heavy (non-hydrogen) atoms. The smallest absolute Gasteiger partial charge is 0.142 e. The second-order valence-electron chi connectivity index (χ2n) is 2.75. The number of hydrazone groups is 1. The van der Waals surface area contributed by atoms with Gasteiger partial charge in [-0.05, 0) is 24.3 Å². The van der Waals surface area contributed by atoms with Crippen LogP contribution in [0.2, 0.25) is 0 Å². The summed E-state index contributed by atoms with van der Waals surface area (Å²) in [6.45, 7) is 1.95. The van der Waals surface area contributed by atoms with Crippen LogP contribution in [0.3, 0.4) is 0 Å². The molecule has 0 heterocycles. The molecule has 0 aliphatic rings. The summed E-state index contributed by atoms with van der Waals surface area (Å²) in [6.07, 6.45) is 0.697. The Morgan fingerprint density at radius 1 is 1.43 bits per heavy atom. The van der Waals surface area contributed by atoms with Crippen molar-refractivity contribution >= 4 is 27.5 Å². The lowest BCUT2D eigenvalue weighted by Gasteiger charge is -2.18. The van der Waals surface area contributed by atoms with E-state index < -0.39 is 0 Å².